The molecule has 6 heteroatoms. The number of thiophene rings is 1. The molecule has 1 heterocycles. The Morgan fingerprint density at radius 3 is 3.11 bits per heavy atom. The number of methoxy groups -OCH3 is 1. The quantitative estimate of drug-likeness (QED) is 0.903. The summed E-state index contributed by atoms with van der Waals surface area (Å²) in [5.74, 6) is 0.0134. The van der Waals surface area contributed by atoms with Gasteiger partial charge in [-0.15, -0.1) is 11.3 Å². The van der Waals surface area contributed by atoms with Gasteiger partial charge in [-0.2, -0.15) is 0 Å². The van der Waals surface area contributed by atoms with Gasteiger partial charge in [0, 0.05) is 18.0 Å². The van der Waals surface area contributed by atoms with E-state index in [0.717, 1.165) is 24.8 Å². The molecule has 0 fully saturated rings. The zero-order chi connectivity index (χ0) is 13.2. The van der Waals surface area contributed by atoms with Crippen LogP contribution in [0.3, 0.4) is 0 Å². The van der Waals surface area contributed by atoms with E-state index in [2.05, 4.69) is 4.72 Å². The minimum Gasteiger partial charge on any atom is -0.381 e. The molecule has 0 saturated carbocycles. The van der Waals surface area contributed by atoms with Crippen molar-refractivity contribution in [1.82, 2.24) is 4.72 Å². The number of hydrogen-bond donors (Lipinski definition) is 1. The van der Waals surface area contributed by atoms with Crippen molar-refractivity contribution in [3.63, 3.8) is 0 Å². The van der Waals surface area contributed by atoms with Crippen LogP contribution in [0.5, 0.6) is 0 Å². The number of sulfonamides is 1. The van der Waals surface area contributed by atoms with Gasteiger partial charge in [0.05, 0.1) is 11.9 Å². The van der Waals surface area contributed by atoms with Crippen molar-refractivity contribution in [2.75, 3.05) is 12.9 Å². The molecule has 1 aliphatic carbocycles. The normalized spacial score (nSPS) is 21.6. The van der Waals surface area contributed by atoms with Crippen LogP contribution in [0.4, 0.5) is 0 Å². The summed E-state index contributed by atoms with van der Waals surface area (Å²) in [6.07, 6.45) is 2.71. The molecule has 2 rings (SSSR count). The van der Waals surface area contributed by atoms with Crippen LogP contribution in [0.15, 0.2) is 11.4 Å². The van der Waals surface area contributed by atoms with E-state index in [4.69, 9.17) is 4.74 Å². The van der Waals surface area contributed by atoms with Crippen LogP contribution in [0.2, 0.25) is 0 Å². The monoisotopic (exact) mass is 289 g/mol. The first-order valence-corrected chi connectivity index (χ1v) is 8.64. The zero-order valence-corrected chi connectivity index (χ0v) is 12.3. The largest absolute Gasteiger partial charge is 0.381 e. The lowest BCUT2D eigenvalue weighted by Gasteiger charge is -2.24. The molecule has 0 saturated heterocycles. The van der Waals surface area contributed by atoms with E-state index in [9.17, 15) is 8.42 Å². The molecule has 0 aliphatic heterocycles. The van der Waals surface area contributed by atoms with Crippen molar-refractivity contribution in [2.45, 2.75) is 38.3 Å². The summed E-state index contributed by atoms with van der Waals surface area (Å²) < 4.78 is 31.8. The van der Waals surface area contributed by atoms with Gasteiger partial charge < -0.3 is 4.74 Å². The van der Waals surface area contributed by atoms with Crippen LogP contribution < -0.4 is 4.72 Å². The van der Waals surface area contributed by atoms with Crippen molar-refractivity contribution in [3.8, 4) is 0 Å². The molecule has 1 aromatic rings. The second-order valence-electron chi connectivity index (χ2n) is 4.69. The minimum atomic E-state index is -3.28. The number of fused-ring (bicyclic) bond motifs is 1. The molecular weight excluding hydrogens is 270 g/mol. The number of nitrogens with one attached hydrogen (secondary N) is 1. The van der Waals surface area contributed by atoms with E-state index >= 15 is 0 Å². The molecule has 0 aromatic carbocycles. The standard InChI is InChI=1S/C12H19NO3S2/c1-9(16-2)8-18(14,15)13-11-4-3-5-12-10(11)6-7-17-12/h6-7,9,11,13H,3-5,8H2,1-2H3/t9-,11-/m1/s1. The lowest BCUT2D eigenvalue weighted by Crippen LogP contribution is -2.35. The van der Waals surface area contributed by atoms with Crippen LogP contribution in [-0.2, 0) is 21.2 Å². The highest BCUT2D eigenvalue weighted by molar-refractivity contribution is 7.89. The van der Waals surface area contributed by atoms with Crippen molar-refractivity contribution in [2.24, 2.45) is 0 Å². The first kappa shape index (κ1) is 14.0. The SMILES string of the molecule is CO[C@H](C)CS(=O)(=O)N[C@@H]1CCCc2sccc21. The molecule has 0 radical (unpaired) electrons. The smallest absolute Gasteiger partial charge is 0.214 e. The summed E-state index contributed by atoms with van der Waals surface area (Å²) in [7, 11) is -1.76. The van der Waals surface area contributed by atoms with E-state index in [1.165, 1.54) is 12.0 Å². The second kappa shape index (κ2) is 5.69. The molecule has 0 unspecified atom stereocenters. The maximum atomic E-state index is 12.0. The lowest BCUT2D eigenvalue weighted by atomic mass is 9.95. The van der Waals surface area contributed by atoms with Crippen LogP contribution in [0.1, 0.15) is 36.2 Å². The van der Waals surface area contributed by atoms with Gasteiger partial charge in [-0.05, 0) is 43.2 Å². The van der Waals surface area contributed by atoms with E-state index in [-0.39, 0.29) is 17.9 Å². The molecule has 2 atom stereocenters. The maximum absolute atomic E-state index is 12.0. The van der Waals surface area contributed by atoms with Crippen LogP contribution in [0, 0.1) is 0 Å². The van der Waals surface area contributed by atoms with E-state index in [1.54, 1.807) is 18.3 Å². The van der Waals surface area contributed by atoms with Gasteiger partial charge in [0.1, 0.15) is 0 Å². The Labute approximate surface area is 112 Å². The fourth-order valence-corrected chi connectivity index (χ4v) is 4.77. The lowest BCUT2D eigenvalue weighted by molar-refractivity contribution is 0.136. The molecule has 4 nitrogen and oxygen atoms in total. The summed E-state index contributed by atoms with van der Waals surface area (Å²) in [5.41, 5.74) is 1.15. The van der Waals surface area contributed by atoms with Gasteiger partial charge in [0.15, 0.2) is 0 Å². The summed E-state index contributed by atoms with van der Waals surface area (Å²) in [5, 5.41) is 2.04. The Morgan fingerprint density at radius 1 is 1.61 bits per heavy atom. The highest BCUT2D eigenvalue weighted by atomic mass is 32.2. The van der Waals surface area contributed by atoms with Crippen LogP contribution in [0.25, 0.3) is 0 Å². The van der Waals surface area contributed by atoms with Crippen LogP contribution >= 0.6 is 11.3 Å². The summed E-state index contributed by atoms with van der Waals surface area (Å²) in [6.45, 7) is 1.76. The number of rotatable bonds is 5. The van der Waals surface area contributed by atoms with E-state index < -0.39 is 10.0 Å². The Bertz CT molecular complexity index is 495. The molecule has 0 bridgehead atoms. The second-order valence-corrected chi connectivity index (χ2v) is 7.49. The van der Waals surface area contributed by atoms with Gasteiger partial charge in [-0.25, -0.2) is 13.1 Å². The van der Waals surface area contributed by atoms with Gasteiger partial charge in [0.2, 0.25) is 10.0 Å². The fourth-order valence-electron chi connectivity index (χ4n) is 2.25. The Hall–Kier alpha value is -0.430. The molecule has 0 spiro atoms. The maximum Gasteiger partial charge on any atom is 0.214 e. The highest BCUT2D eigenvalue weighted by Crippen LogP contribution is 2.33. The molecular formula is C12H19NO3S2. The third kappa shape index (κ3) is 3.32. The zero-order valence-electron chi connectivity index (χ0n) is 10.7. The van der Waals surface area contributed by atoms with Gasteiger partial charge in [-0.3, -0.25) is 0 Å². The summed E-state index contributed by atoms with van der Waals surface area (Å²) >= 11 is 1.71. The van der Waals surface area contributed by atoms with Crippen molar-refractivity contribution in [3.05, 3.63) is 21.9 Å². The van der Waals surface area contributed by atoms with Gasteiger partial charge in [0.25, 0.3) is 0 Å². The first-order valence-electron chi connectivity index (χ1n) is 6.11. The predicted octanol–water partition coefficient (Wildman–Crippen LogP) is 2.08. The van der Waals surface area contributed by atoms with Gasteiger partial charge >= 0.3 is 0 Å². The Kier molecular flexibility index (Phi) is 4.42. The molecule has 1 N–H and O–H groups in total. The average molecular weight is 289 g/mol. The number of ether oxygens (including phenoxy) is 1. The van der Waals surface area contributed by atoms with E-state index in [1.807, 2.05) is 11.4 Å². The average Bonchev–Trinajstić information content (AvgIpc) is 2.77. The molecule has 18 heavy (non-hydrogen) atoms. The fraction of sp³-hybridized carbons (Fsp3) is 0.667. The number of aryl methyl sites for hydroxylation is 1. The van der Waals surface area contributed by atoms with Gasteiger partial charge in [-0.1, -0.05) is 0 Å². The Morgan fingerprint density at radius 2 is 2.39 bits per heavy atom. The third-order valence-corrected chi connectivity index (χ3v) is 5.78. The summed E-state index contributed by atoms with van der Waals surface area (Å²) in [6, 6.07) is 1.97. The first-order chi connectivity index (χ1) is 8.52. The molecule has 1 aliphatic rings. The molecule has 1 aromatic heterocycles. The number of hydrogen-bond acceptors (Lipinski definition) is 4. The summed E-state index contributed by atoms with van der Waals surface area (Å²) in [4.78, 5) is 1.31. The van der Waals surface area contributed by atoms with Crippen LogP contribution in [-0.4, -0.2) is 27.4 Å². The molecule has 102 valence electrons. The minimum absolute atomic E-state index is 0.0134. The van der Waals surface area contributed by atoms with Crippen molar-refractivity contribution < 1.29 is 13.2 Å². The molecule has 0 amide bonds. The van der Waals surface area contributed by atoms with E-state index in [0.29, 0.717) is 0 Å². The Balaban J connectivity index is 2.07. The topological polar surface area (TPSA) is 55.4 Å². The highest BCUT2D eigenvalue weighted by Gasteiger charge is 2.26. The predicted molar refractivity (Wildman–Crippen MR) is 73.4 cm³/mol. The third-order valence-electron chi connectivity index (χ3n) is 3.23. The van der Waals surface area contributed by atoms with Crippen molar-refractivity contribution in [1.29, 1.82) is 0 Å². The van der Waals surface area contributed by atoms with Crippen molar-refractivity contribution >= 4 is 21.4 Å².